The van der Waals surface area contributed by atoms with Crippen molar-refractivity contribution >= 4 is 17.5 Å². The highest BCUT2D eigenvalue weighted by Crippen LogP contribution is 2.28. The third-order valence-corrected chi connectivity index (χ3v) is 3.89. The standard InChI is InChI=1S/C18H24N2OS/c1-3-4-5-8-13-21-18-10-7-6-9-16(18)17(14-22-2)20-12-11-19-15-20/h6-7,9-12,14-15H,3-5,8,13H2,1-2H3/b17-14-. The zero-order chi connectivity index (χ0) is 15.6. The number of hydrogen-bond donors (Lipinski definition) is 0. The van der Waals surface area contributed by atoms with Crippen LogP contribution in [0.25, 0.3) is 5.70 Å². The first kappa shape index (κ1) is 16.7. The molecule has 0 saturated carbocycles. The molecule has 0 saturated heterocycles. The summed E-state index contributed by atoms with van der Waals surface area (Å²) in [7, 11) is 0. The van der Waals surface area contributed by atoms with E-state index in [1.165, 1.54) is 19.3 Å². The first-order valence-electron chi connectivity index (χ1n) is 7.80. The number of para-hydroxylation sites is 1. The highest BCUT2D eigenvalue weighted by atomic mass is 32.2. The van der Waals surface area contributed by atoms with Gasteiger partial charge in [-0.15, -0.1) is 11.8 Å². The normalized spacial score (nSPS) is 11.6. The van der Waals surface area contributed by atoms with Gasteiger partial charge in [-0.2, -0.15) is 0 Å². The van der Waals surface area contributed by atoms with Crippen LogP contribution >= 0.6 is 11.8 Å². The summed E-state index contributed by atoms with van der Waals surface area (Å²) in [4.78, 5) is 4.15. The summed E-state index contributed by atoms with van der Waals surface area (Å²) in [6.07, 6.45) is 12.5. The number of aromatic nitrogens is 2. The molecule has 1 aromatic carbocycles. The van der Waals surface area contributed by atoms with Gasteiger partial charge in [0.05, 0.1) is 18.6 Å². The van der Waals surface area contributed by atoms with Crippen molar-refractivity contribution < 1.29 is 4.74 Å². The molecule has 0 radical (unpaired) electrons. The van der Waals surface area contributed by atoms with Gasteiger partial charge in [-0.25, -0.2) is 4.98 Å². The lowest BCUT2D eigenvalue weighted by atomic mass is 10.1. The predicted molar refractivity (Wildman–Crippen MR) is 95.2 cm³/mol. The lowest BCUT2D eigenvalue weighted by Crippen LogP contribution is -2.03. The van der Waals surface area contributed by atoms with Gasteiger partial charge >= 0.3 is 0 Å². The van der Waals surface area contributed by atoms with Crippen LogP contribution in [0.5, 0.6) is 5.75 Å². The molecular weight excluding hydrogens is 292 g/mol. The minimum Gasteiger partial charge on any atom is -0.493 e. The SMILES string of the molecule is CCCCCCOc1ccccc1/C(=C/SC)n1ccnc1. The number of rotatable bonds is 9. The number of hydrogen-bond acceptors (Lipinski definition) is 3. The van der Waals surface area contributed by atoms with E-state index in [0.717, 1.165) is 30.0 Å². The van der Waals surface area contributed by atoms with Gasteiger partial charge in [-0.05, 0) is 30.2 Å². The zero-order valence-electron chi connectivity index (χ0n) is 13.4. The number of benzene rings is 1. The summed E-state index contributed by atoms with van der Waals surface area (Å²) < 4.78 is 8.05. The van der Waals surface area contributed by atoms with Crippen LogP contribution < -0.4 is 4.74 Å². The van der Waals surface area contributed by atoms with Crippen LogP contribution in [0.1, 0.15) is 38.2 Å². The van der Waals surface area contributed by atoms with Crippen LogP contribution in [-0.4, -0.2) is 22.4 Å². The highest BCUT2D eigenvalue weighted by molar-refractivity contribution is 8.01. The molecule has 0 aliphatic heterocycles. The molecule has 0 N–H and O–H groups in total. The van der Waals surface area contributed by atoms with Gasteiger partial charge in [0.1, 0.15) is 5.75 Å². The summed E-state index contributed by atoms with van der Waals surface area (Å²) in [5.74, 6) is 0.938. The summed E-state index contributed by atoms with van der Waals surface area (Å²) in [6, 6.07) is 8.21. The van der Waals surface area contributed by atoms with E-state index in [4.69, 9.17) is 4.74 Å². The van der Waals surface area contributed by atoms with Crippen molar-refractivity contribution in [2.24, 2.45) is 0 Å². The van der Waals surface area contributed by atoms with E-state index in [-0.39, 0.29) is 0 Å². The van der Waals surface area contributed by atoms with E-state index in [2.05, 4.69) is 29.6 Å². The van der Waals surface area contributed by atoms with Crippen molar-refractivity contribution in [1.29, 1.82) is 0 Å². The number of unbranched alkanes of at least 4 members (excludes halogenated alkanes) is 3. The lowest BCUT2D eigenvalue weighted by molar-refractivity contribution is 0.304. The number of ether oxygens (including phenoxy) is 1. The van der Waals surface area contributed by atoms with Crippen LogP contribution in [0.3, 0.4) is 0 Å². The van der Waals surface area contributed by atoms with Gasteiger partial charge in [0.2, 0.25) is 0 Å². The molecule has 118 valence electrons. The Morgan fingerprint density at radius 3 is 2.86 bits per heavy atom. The maximum Gasteiger partial charge on any atom is 0.128 e. The minimum absolute atomic E-state index is 0.771. The van der Waals surface area contributed by atoms with Crippen molar-refractivity contribution in [2.45, 2.75) is 32.6 Å². The maximum absolute atomic E-state index is 6.03. The van der Waals surface area contributed by atoms with E-state index in [0.29, 0.717) is 0 Å². The molecule has 0 aliphatic rings. The highest BCUT2D eigenvalue weighted by Gasteiger charge is 2.10. The Labute approximate surface area is 137 Å². The van der Waals surface area contributed by atoms with Gasteiger partial charge < -0.3 is 9.30 Å². The molecule has 1 aromatic heterocycles. The average Bonchev–Trinajstić information content (AvgIpc) is 3.07. The molecule has 3 nitrogen and oxygen atoms in total. The smallest absolute Gasteiger partial charge is 0.128 e. The maximum atomic E-state index is 6.03. The van der Waals surface area contributed by atoms with Crippen molar-refractivity contribution in [1.82, 2.24) is 9.55 Å². The molecule has 0 atom stereocenters. The fourth-order valence-electron chi connectivity index (χ4n) is 2.29. The van der Waals surface area contributed by atoms with Crippen molar-refractivity contribution in [3.05, 3.63) is 54.0 Å². The summed E-state index contributed by atoms with van der Waals surface area (Å²) in [5.41, 5.74) is 2.19. The summed E-state index contributed by atoms with van der Waals surface area (Å²) >= 11 is 1.68. The topological polar surface area (TPSA) is 27.1 Å². The van der Waals surface area contributed by atoms with Crippen molar-refractivity contribution in [2.75, 3.05) is 12.9 Å². The van der Waals surface area contributed by atoms with Crippen LogP contribution in [0.2, 0.25) is 0 Å². The zero-order valence-corrected chi connectivity index (χ0v) is 14.2. The molecule has 1 heterocycles. The Balaban J connectivity index is 2.14. The molecule has 2 rings (SSSR count). The fraction of sp³-hybridized carbons (Fsp3) is 0.389. The Bertz CT molecular complexity index is 579. The Morgan fingerprint density at radius 2 is 2.14 bits per heavy atom. The Kier molecular flexibility index (Phi) is 7.10. The third-order valence-electron chi connectivity index (χ3n) is 3.43. The van der Waals surface area contributed by atoms with Gasteiger partial charge in [-0.1, -0.05) is 38.3 Å². The third kappa shape index (κ3) is 4.67. The van der Waals surface area contributed by atoms with Gasteiger partial charge in [0.25, 0.3) is 0 Å². The molecule has 0 unspecified atom stereocenters. The van der Waals surface area contributed by atoms with Gasteiger partial charge in [-0.3, -0.25) is 0 Å². The van der Waals surface area contributed by atoms with E-state index in [1.807, 2.05) is 35.3 Å². The number of imidazole rings is 1. The van der Waals surface area contributed by atoms with E-state index in [9.17, 15) is 0 Å². The summed E-state index contributed by atoms with van der Waals surface area (Å²) in [6.45, 7) is 2.99. The van der Waals surface area contributed by atoms with Crippen LogP contribution in [0.15, 0.2) is 48.4 Å². The first-order chi connectivity index (χ1) is 10.9. The fourth-order valence-corrected chi connectivity index (χ4v) is 2.76. The van der Waals surface area contributed by atoms with E-state index >= 15 is 0 Å². The molecule has 0 amide bonds. The first-order valence-corrected chi connectivity index (χ1v) is 9.09. The molecule has 0 aliphatic carbocycles. The molecule has 22 heavy (non-hydrogen) atoms. The second kappa shape index (κ2) is 9.36. The number of nitrogens with zero attached hydrogens (tertiary/aromatic N) is 2. The van der Waals surface area contributed by atoms with Crippen LogP contribution in [-0.2, 0) is 0 Å². The molecule has 0 fully saturated rings. The van der Waals surface area contributed by atoms with Crippen molar-refractivity contribution in [3.8, 4) is 5.75 Å². The molecular formula is C18H24N2OS. The average molecular weight is 316 g/mol. The molecule has 4 heteroatoms. The van der Waals surface area contributed by atoms with E-state index < -0.39 is 0 Å². The van der Waals surface area contributed by atoms with Crippen molar-refractivity contribution in [3.63, 3.8) is 0 Å². The Hall–Kier alpha value is -1.68. The largest absolute Gasteiger partial charge is 0.493 e. The second-order valence-corrected chi connectivity index (χ2v) is 5.82. The molecule has 2 aromatic rings. The second-order valence-electron chi connectivity index (χ2n) is 5.11. The quantitative estimate of drug-likeness (QED) is 0.606. The molecule has 0 bridgehead atoms. The number of thioether (sulfide) groups is 1. The summed E-state index contributed by atoms with van der Waals surface area (Å²) in [5, 5.41) is 2.13. The minimum atomic E-state index is 0.771. The van der Waals surface area contributed by atoms with Gasteiger partial charge in [0, 0.05) is 18.0 Å². The predicted octanol–water partition coefficient (Wildman–Crippen LogP) is 5.05. The molecule has 0 spiro atoms. The lowest BCUT2D eigenvalue weighted by Gasteiger charge is -2.14. The van der Waals surface area contributed by atoms with Crippen LogP contribution in [0, 0.1) is 0 Å². The van der Waals surface area contributed by atoms with Gasteiger partial charge in [0.15, 0.2) is 0 Å². The van der Waals surface area contributed by atoms with E-state index in [1.54, 1.807) is 18.0 Å². The monoisotopic (exact) mass is 316 g/mol. The van der Waals surface area contributed by atoms with Crippen LogP contribution in [0.4, 0.5) is 0 Å². The Morgan fingerprint density at radius 1 is 1.27 bits per heavy atom.